The third kappa shape index (κ3) is 9.00. The molecule has 0 saturated carbocycles. The number of carbonyl (C=O) groups is 1. The number of benzene rings is 1. The molecule has 1 aromatic carbocycles. The molecule has 1 fully saturated rings. The smallest absolute Gasteiger partial charge is 0.220 e. The molecular formula is C22H37N5O3. The molecule has 1 heterocycles. The van der Waals surface area contributed by atoms with Crippen LogP contribution in [0.1, 0.15) is 32.1 Å². The van der Waals surface area contributed by atoms with Gasteiger partial charge in [-0.05, 0) is 57.5 Å². The van der Waals surface area contributed by atoms with Crippen LogP contribution in [0, 0.1) is 5.92 Å². The molecule has 1 aromatic rings. The Morgan fingerprint density at radius 1 is 1.23 bits per heavy atom. The van der Waals surface area contributed by atoms with E-state index in [1.807, 2.05) is 24.3 Å². The Balaban J connectivity index is 1.62. The van der Waals surface area contributed by atoms with Crippen molar-refractivity contribution in [1.82, 2.24) is 10.2 Å². The Bertz CT molecular complexity index is 660. The summed E-state index contributed by atoms with van der Waals surface area (Å²) in [5.41, 5.74) is 6.33. The van der Waals surface area contributed by atoms with Gasteiger partial charge >= 0.3 is 0 Å². The van der Waals surface area contributed by atoms with E-state index in [0.29, 0.717) is 13.2 Å². The summed E-state index contributed by atoms with van der Waals surface area (Å²) in [6, 6.07) is 7.86. The molecule has 4 N–H and O–H groups in total. The molecule has 8 nitrogen and oxygen atoms in total. The number of primary amides is 1. The van der Waals surface area contributed by atoms with E-state index in [2.05, 4.69) is 20.5 Å². The Hall–Kier alpha value is -2.32. The van der Waals surface area contributed by atoms with Crippen molar-refractivity contribution in [2.45, 2.75) is 32.1 Å². The number of nitrogens with two attached hydrogens (primary N) is 1. The van der Waals surface area contributed by atoms with Crippen LogP contribution >= 0.6 is 0 Å². The fraction of sp³-hybridized carbons (Fsp3) is 0.636. The van der Waals surface area contributed by atoms with Crippen LogP contribution in [0.3, 0.4) is 0 Å². The molecule has 0 spiro atoms. The van der Waals surface area contributed by atoms with Crippen LogP contribution in [0.2, 0.25) is 0 Å². The van der Waals surface area contributed by atoms with Crippen molar-refractivity contribution in [3.8, 4) is 5.75 Å². The molecule has 1 aliphatic heterocycles. The Morgan fingerprint density at radius 2 is 2.03 bits per heavy atom. The third-order valence-corrected chi connectivity index (χ3v) is 5.27. The number of nitrogens with zero attached hydrogens (tertiary/aromatic N) is 2. The van der Waals surface area contributed by atoms with Crippen LogP contribution in [0.5, 0.6) is 5.75 Å². The van der Waals surface area contributed by atoms with Gasteiger partial charge < -0.3 is 30.7 Å². The number of guanidine groups is 1. The lowest BCUT2D eigenvalue weighted by molar-refractivity contribution is -0.123. The first-order valence-electron chi connectivity index (χ1n) is 10.8. The second kappa shape index (κ2) is 13.8. The van der Waals surface area contributed by atoms with E-state index in [9.17, 15) is 4.79 Å². The number of hydrogen-bond donors (Lipinski definition) is 3. The molecule has 1 saturated heterocycles. The second-order valence-corrected chi connectivity index (χ2v) is 7.57. The summed E-state index contributed by atoms with van der Waals surface area (Å²) in [7, 11) is 3.46. The van der Waals surface area contributed by atoms with Crippen LogP contribution < -0.4 is 21.1 Å². The lowest BCUT2D eigenvalue weighted by Crippen LogP contribution is -2.39. The van der Waals surface area contributed by atoms with Crippen molar-refractivity contribution >= 4 is 17.6 Å². The SMILES string of the molecule is CN=C(NCCCCN1CCC(C(N)=O)CC1)Nc1cccc(OCCCOC)c1. The van der Waals surface area contributed by atoms with Gasteiger partial charge in [0.1, 0.15) is 5.75 Å². The molecule has 8 heteroatoms. The lowest BCUT2D eigenvalue weighted by Gasteiger charge is -2.30. The fourth-order valence-corrected chi connectivity index (χ4v) is 3.48. The molecule has 0 aliphatic carbocycles. The lowest BCUT2D eigenvalue weighted by atomic mass is 9.96. The van der Waals surface area contributed by atoms with Gasteiger partial charge in [-0.15, -0.1) is 0 Å². The zero-order valence-electron chi connectivity index (χ0n) is 18.4. The van der Waals surface area contributed by atoms with Crippen molar-refractivity contribution in [3.63, 3.8) is 0 Å². The zero-order chi connectivity index (χ0) is 21.6. The molecule has 0 radical (unpaired) electrons. The summed E-state index contributed by atoms with van der Waals surface area (Å²) in [6.07, 6.45) is 4.80. The monoisotopic (exact) mass is 419 g/mol. The average molecular weight is 420 g/mol. The molecule has 0 aromatic heterocycles. The minimum absolute atomic E-state index is 0.0616. The standard InChI is InChI=1S/C22H37N5O3/c1-24-22(26-19-7-5-8-20(17-19)30-16-6-15-29-2)25-11-3-4-12-27-13-9-18(10-14-27)21(23)28/h5,7-8,17-18H,3-4,6,9-16H2,1-2H3,(H2,23,28)(H2,24,25,26). The van der Waals surface area contributed by atoms with Gasteiger partial charge in [-0.1, -0.05) is 6.07 Å². The maximum absolute atomic E-state index is 11.2. The fourth-order valence-electron chi connectivity index (χ4n) is 3.48. The summed E-state index contributed by atoms with van der Waals surface area (Å²) in [5, 5.41) is 6.67. The highest BCUT2D eigenvalue weighted by molar-refractivity contribution is 5.93. The topological polar surface area (TPSA) is 101 Å². The normalized spacial score (nSPS) is 15.7. The number of anilines is 1. The van der Waals surface area contributed by atoms with E-state index in [-0.39, 0.29) is 11.8 Å². The van der Waals surface area contributed by atoms with Gasteiger partial charge in [0.25, 0.3) is 0 Å². The quantitative estimate of drug-likeness (QED) is 0.272. The predicted molar refractivity (Wildman–Crippen MR) is 121 cm³/mol. The number of aliphatic imine (C=N–C) groups is 1. The largest absolute Gasteiger partial charge is 0.493 e. The summed E-state index contributed by atoms with van der Waals surface area (Å²) in [4.78, 5) is 18.0. The molecule has 168 valence electrons. The Labute approximate surface area is 180 Å². The molecular weight excluding hydrogens is 382 g/mol. The number of likely N-dealkylation sites (tertiary alicyclic amines) is 1. The number of nitrogens with one attached hydrogen (secondary N) is 2. The van der Waals surface area contributed by atoms with Gasteiger partial charge in [0.2, 0.25) is 5.91 Å². The van der Waals surface area contributed by atoms with Crippen molar-refractivity contribution in [1.29, 1.82) is 0 Å². The number of methoxy groups -OCH3 is 1. The highest BCUT2D eigenvalue weighted by Gasteiger charge is 2.22. The minimum Gasteiger partial charge on any atom is -0.493 e. The van der Waals surface area contributed by atoms with Crippen LogP contribution in [0.25, 0.3) is 0 Å². The number of ether oxygens (including phenoxy) is 2. The number of hydrogen-bond acceptors (Lipinski definition) is 5. The third-order valence-electron chi connectivity index (χ3n) is 5.27. The van der Waals surface area contributed by atoms with Gasteiger partial charge in [-0.2, -0.15) is 0 Å². The van der Waals surface area contributed by atoms with Crippen molar-refractivity contribution < 1.29 is 14.3 Å². The molecule has 0 bridgehead atoms. The summed E-state index contributed by atoms with van der Waals surface area (Å²) < 4.78 is 10.8. The summed E-state index contributed by atoms with van der Waals surface area (Å²) in [6.45, 7) is 5.17. The summed E-state index contributed by atoms with van der Waals surface area (Å²) >= 11 is 0. The second-order valence-electron chi connectivity index (χ2n) is 7.57. The van der Waals surface area contributed by atoms with Gasteiger partial charge in [0, 0.05) is 51.4 Å². The zero-order valence-corrected chi connectivity index (χ0v) is 18.4. The minimum atomic E-state index is -0.152. The molecule has 2 rings (SSSR count). The van der Waals surface area contributed by atoms with Crippen molar-refractivity contribution in [3.05, 3.63) is 24.3 Å². The van der Waals surface area contributed by atoms with Crippen LogP contribution in [0.4, 0.5) is 5.69 Å². The van der Waals surface area contributed by atoms with E-state index in [4.69, 9.17) is 15.2 Å². The Kier molecular flexibility index (Phi) is 11.0. The number of carbonyl (C=O) groups excluding carboxylic acids is 1. The van der Waals surface area contributed by atoms with Gasteiger partial charge in [-0.25, -0.2) is 0 Å². The van der Waals surface area contributed by atoms with E-state index < -0.39 is 0 Å². The van der Waals surface area contributed by atoms with Crippen LogP contribution in [0.15, 0.2) is 29.3 Å². The highest BCUT2D eigenvalue weighted by Crippen LogP contribution is 2.18. The predicted octanol–water partition coefficient (Wildman–Crippen LogP) is 2.07. The van der Waals surface area contributed by atoms with Crippen LogP contribution in [-0.2, 0) is 9.53 Å². The number of rotatable bonds is 12. The van der Waals surface area contributed by atoms with Crippen molar-refractivity contribution in [2.24, 2.45) is 16.6 Å². The molecule has 0 atom stereocenters. The number of unbranched alkanes of at least 4 members (excludes halogenated alkanes) is 1. The van der Waals surface area contributed by atoms with Gasteiger partial charge in [-0.3, -0.25) is 9.79 Å². The number of amides is 1. The molecule has 0 unspecified atom stereocenters. The summed E-state index contributed by atoms with van der Waals surface area (Å²) in [5.74, 6) is 1.48. The molecule has 30 heavy (non-hydrogen) atoms. The number of piperidine rings is 1. The first-order valence-corrected chi connectivity index (χ1v) is 10.8. The first-order chi connectivity index (χ1) is 14.6. The van der Waals surface area contributed by atoms with Gasteiger partial charge in [0.05, 0.1) is 6.61 Å². The highest BCUT2D eigenvalue weighted by atomic mass is 16.5. The Morgan fingerprint density at radius 3 is 2.73 bits per heavy atom. The van der Waals surface area contributed by atoms with Gasteiger partial charge in [0.15, 0.2) is 5.96 Å². The van der Waals surface area contributed by atoms with E-state index in [1.165, 1.54) is 0 Å². The van der Waals surface area contributed by atoms with E-state index >= 15 is 0 Å². The maximum Gasteiger partial charge on any atom is 0.220 e. The van der Waals surface area contributed by atoms with E-state index in [0.717, 1.165) is 75.7 Å². The van der Waals surface area contributed by atoms with Crippen molar-refractivity contribution in [2.75, 3.05) is 58.9 Å². The molecule has 1 amide bonds. The molecule has 1 aliphatic rings. The first kappa shape index (κ1) is 24.0. The average Bonchev–Trinajstić information content (AvgIpc) is 2.76. The van der Waals surface area contributed by atoms with Crippen LogP contribution in [-0.4, -0.2) is 70.3 Å². The maximum atomic E-state index is 11.2. The van der Waals surface area contributed by atoms with E-state index in [1.54, 1.807) is 14.2 Å².